The molecule has 0 aliphatic rings. The monoisotopic (exact) mass is 490 g/mol. The first-order valence-corrected chi connectivity index (χ1v) is 11.4. The second kappa shape index (κ2) is 9.34. The van der Waals surface area contributed by atoms with Gasteiger partial charge in [0.2, 0.25) is 5.95 Å². The van der Waals surface area contributed by atoms with Gasteiger partial charge in [0.05, 0.1) is 29.3 Å². The lowest BCUT2D eigenvalue weighted by Crippen LogP contribution is -2.12. The molecule has 4 heterocycles. The molecule has 6 rings (SSSR count). The number of nitrogens with one attached hydrogen (secondary N) is 3. The van der Waals surface area contributed by atoms with Gasteiger partial charge in [0.15, 0.2) is 0 Å². The average Bonchev–Trinajstić information content (AvgIpc) is 3.58. The van der Waals surface area contributed by atoms with Gasteiger partial charge >= 0.3 is 0 Å². The van der Waals surface area contributed by atoms with E-state index in [-0.39, 0.29) is 11.7 Å². The molecule has 0 radical (unpaired) electrons. The molecular formula is C27H19FN8O. The highest BCUT2D eigenvalue weighted by atomic mass is 19.1. The smallest absolute Gasteiger partial charge is 0.273 e. The van der Waals surface area contributed by atoms with Gasteiger partial charge in [-0.25, -0.2) is 23.9 Å². The molecule has 0 fully saturated rings. The van der Waals surface area contributed by atoms with Gasteiger partial charge in [-0.15, -0.1) is 0 Å². The van der Waals surface area contributed by atoms with Crippen LogP contribution in [0.2, 0.25) is 0 Å². The number of amides is 1. The molecule has 9 nitrogen and oxygen atoms in total. The van der Waals surface area contributed by atoms with Gasteiger partial charge in [0, 0.05) is 29.3 Å². The summed E-state index contributed by atoms with van der Waals surface area (Å²) in [7, 11) is 0. The minimum Gasteiger partial charge on any atom is -0.341 e. The van der Waals surface area contributed by atoms with E-state index in [0.29, 0.717) is 34.4 Å². The number of rotatable bonds is 6. The van der Waals surface area contributed by atoms with Crippen molar-refractivity contribution in [3.63, 3.8) is 0 Å². The fraction of sp³-hybridized carbons (Fsp3) is 0. The topological polar surface area (TPSA) is 113 Å². The summed E-state index contributed by atoms with van der Waals surface area (Å²) in [6.07, 6.45) is 6.41. The number of carbonyl (C=O) groups is 1. The molecule has 0 aliphatic heterocycles. The predicted molar refractivity (Wildman–Crippen MR) is 138 cm³/mol. The van der Waals surface area contributed by atoms with E-state index in [1.807, 2.05) is 42.6 Å². The van der Waals surface area contributed by atoms with Crippen LogP contribution in [0.3, 0.4) is 0 Å². The van der Waals surface area contributed by atoms with Gasteiger partial charge in [-0.2, -0.15) is 5.10 Å². The Morgan fingerprint density at radius 3 is 2.73 bits per heavy atom. The van der Waals surface area contributed by atoms with E-state index >= 15 is 0 Å². The first kappa shape index (κ1) is 22.1. The Bertz CT molecular complexity index is 1730. The number of anilines is 3. The SMILES string of the molecule is O=C(Nc1cccc(-c2nn3ccccc3c2-c2ccnc(Nc3cccc(F)c3)n2)c1)c1cnc[nH]1. The zero-order chi connectivity index (χ0) is 25.2. The summed E-state index contributed by atoms with van der Waals surface area (Å²) in [5.41, 5.74) is 5.25. The van der Waals surface area contributed by atoms with E-state index < -0.39 is 0 Å². The van der Waals surface area contributed by atoms with Crippen LogP contribution < -0.4 is 10.6 Å². The van der Waals surface area contributed by atoms with Crippen molar-refractivity contribution < 1.29 is 9.18 Å². The molecule has 1 amide bonds. The molecule has 0 saturated heterocycles. The van der Waals surface area contributed by atoms with E-state index in [0.717, 1.165) is 16.6 Å². The normalized spacial score (nSPS) is 10.9. The van der Waals surface area contributed by atoms with E-state index in [2.05, 4.69) is 25.6 Å². The summed E-state index contributed by atoms with van der Waals surface area (Å²) in [6, 6.07) is 21.1. The Morgan fingerprint density at radius 1 is 0.973 bits per heavy atom. The number of hydrogen-bond donors (Lipinski definition) is 3. The Labute approximate surface area is 210 Å². The number of benzene rings is 2. The van der Waals surface area contributed by atoms with Crippen molar-refractivity contribution in [2.45, 2.75) is 0 Å². The van der Waals surface area contributed by atoms with Crippen LogP contribution in [0, 0.1) is 5.82 Å². The standard InChI is InChI=1S/C27H19FN8O/c28-18-6-4-8-20(14-18)33-27-30-11-10-21(34-27)24-23-9-1-2-12-36(23)35-25(24)17-5-3-7-19(13-17)32-26(37)22-15-29-16-31-22/h1-16H,(H,29,31)(H,32,37)(H,30,33,34). The fourth-order valence-corrected chi connectivity index (χ4v) is 4.03. The van der Waals surface area contributed by atoms with Crippen molar-refractivity contribution in [1.29, 1.82) is 0 Å². The maximum Gasteiger partial charge on any atom is 0.273 e. The highest BCUT2D eigenvalue weighted by molar-refractivity contribution is 6.03. The molecule has 3 N–H and O–H groups in total. The van der Waals surface area contributed by atoms with Crippen LogP contribution in [0.4, 0.5) is 21.7 Å². The predicted octanol–water partition coefficient (Wildman–Crippen LogP) is 5.32. The van der Waals surface area contributed by atoms with Crippen molar-refractivity contribution in [1.82, 2.24) is 29.5 Å². The number of H-pyrrole nitrogens is 1. The minimum absolute atomic E-state index is 0.297. The molecule has 0 aliphatic carbocycles. The molecule has 0 unspecified atom stereocenters. The Balaban J connectivity index is 1.41. The number of halogens is 1. The number of pyridine rings is 1. The first-order valence-electron chi connectivity index (χ1n) is 11.4. The number of fused-ring (bicyclic) bond motifs is 1. The van der Waals surface area contributed by atoms with Crippen LogP contribution in [0.5, 0.6) is 0 Å². The molecule has 0 bridgehead atoms. The molecule has 180 valence electrons. The molecular weight excluding hydrogens is 471 g/mol. The molecule has 0 saturated carbocycles. The summed E-state index contributed by atoms with van der Waals surface area (Å²) in [5, 5.41) is 10.7. The third-order valence-electron chi connectivity index (χ3n) is 5.67. The highest BCUT2D eigenvalue weighted by Crippen LogP contribution is 2.35. The number of aromatic amines is 1. The number of nitrogens with zero attached hydrogens (tertiary/aromatic N) is 5. The second-order valence-corrected chi connectivity index (χ2v) is 8.16. The zero-order valence-corrected chi connectivity index (χ0v) is 19.3. The van der Waals surface area contributed by atoms with Crippen molar-refractivity contribution >= 4 is 28.7 Å². The lowest BCUT2D eigenvalue weighted by atomic mass is 10.0. The average molecular weight is 491 g/mol. The van der Waals surface area contributed by atoms with Gasteiger partial charge in [0.25, 0.3) is 5.91 Å². The Kier molecular flexibility index (Phi) is 5.58. The summed E-state index contributed by atoms with van der Waals surface area (Å²) >= 11 is 0. The fourth-order valence-electron chi connectivity index (χ4n) is 4.03. The van der Waals surface area contributed by atoms with Gasteiger partial charge < -0.3 is 15.6 Å². The van der Waals surface area contributed by atoms with E-state index in [9.17, 15) is 9.18 Å². The van der Waals surface area contributed by atoms with Crippen LogP contribution in [-0.2, 0) is 0 Å². The molecule has 37 heavy (non-hydrogen) atoms. The highest BCUT2D eigenvalue weighted by Gasteiger charge is 2.19. The van der Waals surface area contributed by atoms with Crippen LogP contribution >= 0.6 is 0 Å². The van der Waals surface area contributed by atoms with Crippen molar-refractivity contribution in [2.24, 2.45) is 0 Å². The van der Waals surface area contributed by atoms with Gasteiger partial charge in [-0.1, -0.05) is 24.3 Å². The van der Waals surface area contributed by atoms with Crippen LogP contribution in [0.25, 0.3) is 28.0 Å². The first-order chi connectivity index (χ1) is 18.1. The van der Waals surface area contributed by atoms with Crippen molar-refractivity contribution in [3.05, 3.63) is 109 Å². The summed E-state index contributed by atoms with van der Waals surface area (Å²) in [4.78, 5) is 28.2. The molecule has 10 heteroatoms. The maximum absolute atomic E-state index is 13.7. The van der Waals surface area contributed by atoms with Gasteiger partial charge in [0.1, 0.15) is 17.2 Å². The van der Waals surface area contributed by atoms with Gasteiger partial charge in [-0.3, -0.25) is 4.79 Å². The minimum atomic E-state index is -0.356. The van der Waals surface area contributed by atoms with Crippen LogP contribution in [0.1, 0.15) is 10.5 Å². The van der Waals surface area contributed by atoms with Crippen LogP contribution in [-0.4, -0.2) is 35.5 Å². The number of hydrogen-bond acceptors (Lipinski definition) is 6. The maximum atomic E-state index is 13.7. The van der Waals surface area contributed by atoms with Gasteiger partial charge in [-0.05, 0) is 48.5 Å². The third-order valence-corrected chi connectivity index (χ3v) is 5.67. The van der Waals surface area contributed by atoms with Crippen LogP contribution in [0.15, 0.2) is 97.7 Å². The zero-order valence-electron chi connectivity index (χ0n) is 19.3. The molecule has 6 aromatic rings. The largest absolute Gasteiger partial charge is 0.341 e. The quantitative estimate of drug-likeness (QED) is 0.291. The number of carbonyl (C=O) groups excluding carboxylic acids is 1. The summed E-state index contributed by atoms with van der Waals surface area (Å²) in [5.74, 6) is -0.329. The second-order valence-electron chi connectivity index (χ2n) is 8.16. The van der Waals surface area contributed by atoms with Crippen molar-refractivity contribution in [2.75, 3.05) is 10.6 Å². The molecule has 4 aromatic heterocycles. The van der Waals surface area contributed by atoms with E-state index in [1.54, 1.807) is 35.0 Å². The summed E-state index contributed by atoms with van der Waals surface area (Å²) in [6.45, 7) is 0. The molecule has 2 aromatic carbocycles. The van der Waals surface area contributed by atoms with E-state index in [1.165, 1.54) is 24.7 Å². The Hall–Kier alpha value is -5.38. The molecule has 0 spiro atoms. The molecule has 0 atom stereocenters. The van der Waals surface area contributed by atoms with E-state index in [4.69, 9.17) is 10.1 Å². The lowest BCUT2D eigenvalue weighted by molar-refractivity contribution is 0.102. The van der Waals surface area contributed by atoms with Crippen molar-refractivity contribution in [3.8, 4) is 22.5 Å². The number of imidazole rings is 1. The lowest BCUT2D eigenvalue weighted by Gasteiger charge is -2.09. The Morgan fingerprint density at radius 2 is 1.86 bits per heavy atom. The summed E-state index contributed by atoms with van der Waals surface area (Å²) < 4.78 is 15.4. The number of aromatic nitrogens is 6. The third kappa shape index (κ3) is 4.50.